The van der Waals surface area contributed by atoms with E-state index in [1.54, 1.807) is 11.6 Å². The fraction of sp³-hybridized carbons (Fsp3) is 0.636. The molecular weight excluding hydrogens is 252 g/mol. The maximum Gasteiger partial charge on any atom is 0.262 e. The van der Waals surface area contributed by atoms with Crippen molar-refractivity contribution in [2.45, 2.75) is 24.8 Å². The quantitative estimate of drug-likeness (QED) is 0.792. The molecule has 0 spiro atoms. The average Bonchev–Trinajstić information content (AvgIpc) is 2.77. The predicted octanol–water partition coefficient (Wildman–Crippen LogP) is 0.734. The highest BCUT2D eigenvalue weighted by molar-refractivity contribution is 7.89. The van der Waals surface area contributed by atoms with E-state index in [1.165, 1.54) is 16.8 Å². The summed E-state index contributed by atoms with van der Waals surface area (Å²) in [6.07, 6.45) is 4.09. The number of rotatable bonds is 2. The van der Waals surface area contributed by atoms with Crippen LogP contribution < -0.4 is 0 Å². The third-order valence-corrected chi connectivity index (χ3v) is 5.17. The second-order valence-electron chi connectivity index (χ2n) is 4.95. The molecule has 1 fully saturated rings. The van der Waals surface area contributed by atoms with Crippen LogP contribution in [0.1, 0.15) is 19.8 Å². The Hall–Kier alpha value is -1.39. The van der Waals surface area contributed by atoms with Gasteiger partial charge in [0.1, 0.15) is 0 Å². The highest BCUT2D eigenvalue weighted by atomic mass is 32.2. The van der Waals surface area contributed by atoms with Crippen LogP contribution in [0, 0.1) is 16.7 Å². The summed E-state index contributed by atoms with van der Waals surface area (Å²) in [5.41, 5.74) is -0.407. The largest absolute Gasteiger partial charge is 0.339 e. The Kier molecular flexibility index (Phi) is 3.17. The molecule has 6 nitrogen and oxygen atoms in total. The van der Waals surface area contributed by atoms with Gasteiger partial charge in [-0.3, -0.25) is 0 Å². The van der Waals surface area contributed by atoms with Gasteiger partial charge in [-0.2, -0.15) is 9.57 Å². The molecule has 2 rings (SSSR count). The van der Waals surface area contributed by atoms with Gasteiger partial charge in [-0.15, -0.1) is 0 Å². The molecule has 0 amide bonds. The summed E-state index contributed by atoms with van der Waals surface area (Å²) in [7, 11) is -1.78. The van der Waals surface area contributed by atoms with Crippen molar-refractivity contribution < 1.29 is 8.42 Å². The molecule has 0 aromatic carbocycles. The van der Waals surface area contributed by atoms with E-state index in [-0.39, 0.29) is 5.03 Å². The summed E-state index contributed by atoms with van der Waals surface area (Å²) < 4.78 is 27.6. The van der Waals surface area contributed by atoms with Gasteiger partial charge in [0.25, 0.3) is 10.0 Å². The van der Waals surface area contributed by atoms with E-state index in [9.17, 15) is 8.42 Å². The maximum atomic E-state index is 12.3. The lowest BCUT2D eigenvalue weighted by Crippen LogP contribution is -2.41. The zero-order valence-corrected chi connectivity index (χ0v) is 11.3. The zero-order chi connectivity index (χ0) is 13.4. The van der Waals surface area contributed by atoms with E-state index in [2.05, 4.69) is 11.1 Å². The van der Waals surface area contributed by atoms with E-state index >= 15 is 0 Å². The summed E-state index contributed by atoms with van der Waals surface area (Å²) in [5.74, 6) is 0. The Morgan fingerprint density at radius 1 is 1.44 bits per heavy atom. The monoisotopic (exact) mass is 268 g/mol. The minimum atomic E-state index is -3.51. The molecule has 0 aliphatic carbocycles. The number of nitrogens with zero attached hydrogens (tertiary/aromatic N) is 4. The molecule has 98 valence electrons. The Morgan fingerprint density at radius 2 is 2.06 bits per heavy atom. The van der Waals surface area contributed by atoms with Crippen LogP contribution in [0.4, 0.5) is 0 Å². The molecule has 0 radical (unpaired) electrons. The Bertz CT molecular complexity index is 576. The first-order valence-electron chi connectivity index (χ1n) is 5.77. The first-order chi connectivity index (χ1) is 8.37. The van der Waals surface area contributed by atoms with Crippen molar-refractivity contribution in [2.24, 2.45) is 12.5 Å². The maximum absolute atomic E-state index is 12.3. The van der Waals surface area contributed by atoms with Crippen molar-refractivity contribution in [3.63, 3.8) is 0 Å². The Morgan fingerprint density at radius 3 is 2.50 bits per heavy atom. The number of sulfonamides is 1. The number of nitriles is 1. The van der Waals surface area contributed by atoms with Gasteiger partial charge in [0, 0.05) is 26.3 Å². The summed E-state index contributed by atoms with van der Waals surface area (Å²) in [4.78, 5) is 3.89. The number of hydrogen-bond donors (Lipinski definition) is 0. The molecule has 7 heteroatoms. The van der Waals surface area contributed by atoms with E-state index in [0.29, 0.717) is 25.9 Å². The van der Waals surface area contributed by atoms with Gasteiger partial charge in [0.2, 0.25) is 0 Å². The van der Waals surface area contributed by atoms with Crippen LogP contribution in [0.5, 0.6) is 0 Å². The predicted molar refractivity (Wildman–Crippen MR) is 64.9 cm³/mol. The van der Waals surface area contributed by atoms with Crippen molar-refractivity contribution in [1.29, 1.82) is 5.26 Å². The molecular formula is C11H16N4O2S. The van der Waals surface area contributed by atoms with Crippen molar-refractivity contribution >= 4 is 10.0 Å². The van der Waals surface area contributed by atoms with E-state index in [4.69, 9.17) is 5.26 Å². The molecule has 1 aromatic heterocycles. The van der Waals surface area contributed by atoms with E-state index in [1.807, 2.05) is 6.92 Å². The van der Waals surface area contributed by atoms with Crippen LogP contribution in [-0.2, 0) is 17.1 Å². The minimum Gasteiger partial charge on any atom is -0.339 e. The highest BCUT2D eigenvalue weighted by Gasteiger charge is 2.36. The summed E-state index contributed by atoms with van der Waals surface area (Å²) in [5, 5.41) is 9.10. The Balaban J connectivity index is 2.17. The van der Waals surface area contributed by atoms with Crippen LogP contribution >= 0.6 is 0 Å². The molecule has 1 aliphatic heterocycles. The first kappa shape index (κ1) is 13.1. The third-order valence-electron chi connectivity index (χ3n) is 3.38. The Labute approximate surface area is 107 Å². The van der Waals surface area contributed by atoms with Gasteiger partial charge in [-0.25, -0.2) is 13.4 Å². The second kappa shape index (κ2) is 4.37. The SMILES string of the molecule is Cn1cnc(S(=O)(=O)N2CCC(C)(C#N)CC2)c1. The lowest BCUT2D eigenvalue weighted by molar-refractivity contribution is 0.231. The van der Waals surface area contributed by atoms with Gasteiger partial charge in [-0.05, 0) is 19.8 Å². The summed E-state index contributed by atoms with van der Waals surface area (Å²) >= 11 is 0. The molecule has 0 saturated carbocycles. The zero-order valence-electron chi connectivity index (χ0n) is 10.5. The molecule has 0 N–H and O–H groups in total. The van der Waals surface area contributed by atoms with Gasteiger partial charge in [0.05, 0.1) is 17.8 Å². The van der Waals surface area contributed by atoms with Gasteiger partial charge >= 0.3 is 0 Å². The topological polar surface area (TPSA) is 79.0 Å². The fourth-order valence-electron chi connectivity index (χ4n) is 1.99. The van der Waals surface area contributed by atoms with Crippen LogP contribution in [0.15, 0.2) is 17.6 Å². The van der Waals surface area contributed by atoms with Gasteiger partial charge < -0.3 is 4.57 Å². The number of aromatic nitrogens is 2. The van der Waals surface area contributed by atoms with Gasteiger partial charge in [0.15, 0.2) is 5.03 Å². The number of imidazole rings is 1. The average molecular weight is 268 g/mol. The molecule has 2 heterocycles. The molecule has 18 heavy (non-hydrogen) atoms. The van der Waals surface area contributed by atoms with E-state index < -0.39 is 15.4 Å². The van der Waals surface area contributed by atoms with Crippen LogP contribution in [-0.4, -0.2) is 35.4 Å². The fourth-order valence-corrected chi connectivity index (χ4v) is 3.39. The number of aryl methyl sites for hydroxylation is 1. The van der Waals surface area contributed by atoms with Crippen LogP contribution in [0.3, 0.4) is 0 Å². The molecule has 0 unspecified atom stereocenters. The molecule has 0 bridgehead atoms. The van der Waals surface area contributed by atoms with Crippen LogP contribution in [0.2, 0.25) is 0 Å². The highest BCUT2D eigenvalue weighted by Crippen LogP contribution is 2.31. The number of hydrogen-bond acceptors (Lipinski definition) is 4. The summed E-state index contributed by atoms with van der Waals surface area (Å²) in [6, 6.07) is 2.25. The summed E-state index contributed by atoms with van der Waals surface area (Å²) in [6.45, 7) is 2.63. The smallest absolute Gasteiger partial charge is 0.262 e. The number of piperidine rings is 1. The van der Waals surface area contributed by atoms with Crippen molar-refractivity contribution in [3.8, 4) is 6.07 Å². The lowest BCUT2D eigenvalue weighted by atomic mass is 9.83. The first-order valence-corrected chi connectivity index (χ1v) is 7.21. The normalized spacial score (nSPS) is 20.5. The van der Waals surface area contributed by atoms with Crippen molar-refractivity contribution in [1.82, 2.24) is 13.9 Å². The van der Waals surface area contributed by atoms with Crippen LogP contribution in [0.25, 0.3) is 0 Å². The minimum absolute atomic E-state index is 0.0746. The molecule has 0 atom stereocenters. The standard InChI is InChI=1S/C11H16N4O2S/c1-11(8-12)3-5-15(6-4-11)18(16,17)10-7-14(2)9-13-10/h7,9H,3-6H2,1-2H3. The van der Waals surface area contributed by atoms with Crippen molar-refractivity contribution in [2.75, 3.05) is 13.1 Å². The van der Waals surface area contributed by atoms with Gasteiger partial charge in [-0.1, -0.05) is 0 Å². The molecule has 1 aliphatic rings. The van der Waals surface area contributed by atoms with Crippen molar-refractivity contribution in [3.05, 3.63) is 12.5 Å². The second-order valence-corrected chi connectivity index (χ2v) is 6.84. The third kappa shape index (κ3) is 2.26. The van der Waals surface area contributed by atoms with E-state index in [0.717, 1.165) is 0 Å². The molecule has 1 saturated heterocycles. The lowest BCUT2D eigenvalue weighted by Gasteiger charge is -2.33. The molecule has 1 aromatic rings.